The van der Waals surface area contributed by atoms with E-state index in [1.165, 1.54) is 16.7 Å². The topological polar surface area (TPSA) is 47.1 Å². The molecule has 0 radical (unpaired) electrons. The number of aromatic nitrogens is 2. The molecule has 0 saturated heterocycles. The fraction of sp³-hybridized carbons (Fsp3) is 0.400. The molecule has 0 spiro atoms. The lowest BCUT2D eigenvalue weighted by atomic mass is 10.0. The van der Waals surface area contributed by atoms with E-state index in [1.807, 2.05) is 24.1 Å². The number of aryl methyl sites for hydroxylation is 2. The van der Waals surface area contributed by atoms with Crippen LogP contribution in [0, 0.1) is 6.92 Å². The maximum Gasteiger partial charge on any atom is 0.0534 e. The van der Waals surface area contributed by atoms with E-state index in [9.17, 15) is 0 Å². The monoisotopic (exact) mass is 336 g/mol. The van der Waals surface area contributed by atoms with Crippen molar-refractivity contribution in [1.29, 1.82) is 0 Å². The van der Waals surface area contributed by atoms with Gasteiger partial charge in [0.15, 0.2) is 0 Å². The zero-order valence-electron chi connectivity index (χ0n) is 12.2. The van der Waals surface area contributed by atoms with Gasteiger partial charge in [0.25, 0.3) is 0 Å². The molecule has 0 amide bonds. The fourth-order valence-electron chi connectivity index (χ4n) is 2.40. The van der Waals surface area contributed by atoms with Gasteiger partial charge in [-0.2, -0.15) is 5.10 Å². The highest BCUT2D eigenvalue weighted by molar-refractivity contribution is 9.10. The second-order valence-electron chi connectivity index (χ2n) is 5.21. The summed E-state index contributed by atoms with van der Waals surface area (Å²) < 4.78 is 2.94. The van der Waals surface area contributed by atoms with Gasteiger partial charge in [0.05, 0.1) is 6.20 Å². The summed E-state index contributed by atoms with van der Waals surface area (Å²) in [5.74, 6) is 0. The molecule has 0 fully saturated rings. The lowest BCUT2D eigenvalue weighted by Crippen LogP contribution is -2.30. The third-order valence-corrected chi connectivity index (χ3v) is 4.15. The Morgan fingerprint density at radius 1 is 1.45 bits per heavy atom. The molecule has 108 valence electrons. The number of hydrogen-bond acceptors (Lipinski definition) is 3. The Hall–Kier alpha value is -1.17. The van der Waals surface area contributed by atoms with Crippen LogP contribution in [0.1, 0.15) is 22.7 Å². The van der Waals surface area contributed by atoms with E-state index in [2.05, 4.69) is 58.1 Å². The Kier molecular flexibility index (Phi) is 4.96. The highest BCUT2D eigenvalue weighted by Crippen LogP contribution is 2.28. The van der Waals surface area contributed by atoms with Crippen molar-refractivity contribution in [2.24, 2.45) is 12.8 Å². The Balaban J connectivity index is 2.18. The lowest BCUT2D eigenvalue weighted by Gasteiger charge is -2.28. The molecule has 0 bridgehead atoms. The minimum Gasteiger partial charge on any atom is -0.329 e. The standard InChI is InChI=1S/C15H21BrN4/c1-11-4-5-13(14(16)6-11)15(7-17)19(2)9-12-8-18-20(3)10-12/h4-6,8,10,15H,7,9,17H2,1-3H3. The minimum absolute atomic E-state index is 0.185. The van der Waals surface area contributed by atoms with Gasteiger partial charge in [0, 0.05) is 42.4 Å². The second kappa shape index (κ2) is 6.52. The van der Waals surface area contributed by atoms with E-state index in [1.54, 1.807) is 0 Å². The first-order chi connectivity index (χ1) is 9.51. The van der Waals surface area contributed by atoms with Crippen molar-refractivity contribution in [3.05, 3.63) is 51.8 Å². The van der Waals surface area contributed by atoms with Crippen LogP contribution in [0.2, 0.25) is 0 Å². The molecule has 1 aromatic carbocycles. The van der Waals surface area contributed by atoms with Crippen molar-refractivity contribution in [3.63, 3.8) is 0 Å². The van der Waals surface area contributed by atoms with Gasteiger partial charge >= 0.3 is 0 Å². The maximum atomic E-state index is 5.99. The highest BCUT2D eigenvalue weighted by Gasteiger charge is 2.18. The number of halogens is 1. The van der Waals surface area contributed by atoms with E-state index in [4.69, 9.17) is 5.73 Å². The molecule has 1 heterocycles. The van der Waals surface area contributed by atoms with Crippen molar-refractivity contribution < 1.29 is 0 Å². The predicted octanol–water partition coefficient (Wildman–Crippen LogP) is 2.62. The Bertz CT molecular complexity index is 579. The van der Waals surface area contributed by atoms with Crippen LogP contribution in [0.4, 0.5) is 0 Å². The van der Waals surface area contributed by atoms with E-state index in [0.29, 0.717) is 6.54 Å². The van der Waals surface area contributed by atoms with Crippen molar-refractivity contribution in [1.82, 2.24) is 14.7 Å². The van der Waals surface area contributed by atoms with E-state index in [-0.39, 0.29) is 6.04 Å². The molecule has 0 aliphatic heterocycles. The minimum atomic E-state index is 0.185. The summed E-state index contributed by atoms with van der Waals surface area (Å²) >= 11 is 3.65. The molecule has 20 heavy (non-hydrogen) atoms. The summed E-state index contributed by atoms with van der Waals surface area (Å²) in [5.41, 5.74) is 9.65. The van der Waals surface area contributed by atoms with Crippen molar-refractivity contribution in [3.8, 4) is 0 Å². The van der Waals surface area contributed by atoms with E-state index >= 15 is 0 Å². The fourth-order valence-corrected chi connectivity index (χ4v) is 3.16. The van der Waals surface area contributed by atoms with Gasteiger partial charge in [-0.15, -0.1) is 0 Å². The van der Waals surface area contributed by atoms with Crippen LogP contribution >= 0.6 is 15.9 Å². The summed E-state index contributed by atoms with van der Waals surface area (Å²) in [6.07, 6.45) is 3.93. The summed E-state index contributed by atoms with van der Waals surface area (Å²) in [6, 6.07) is 6.60. The quantitative estimate of drug-likeness (QED) is 0.912. The van der Waals surface area contributed by atoms with Gasteiger partial charge in [-0.05, 0) is 31.2 Å². The average molecular weight is 337 g/mol. The number of nitrogens with two attached hydrogens (primary N) is 1. The first-order valence-electron chi connectivity index (χ1n) is 6.65. The van der Waals surface area contributed by atoms with Gasteiger partial charge in [-0.25, -0.2) is 0 Å². The van der Waals surface area contributed by atoms with Crippen molar-refractivity contribution >= 4 is 15.9 Å². The van der Waals surface area contributed by atoms with Crippen LogP contribution < -0.4 is 5.73 Å². The molecule has 5 heteroatoms. The van der Waals surface area contributed by atoms with Gasteiger partial charge < -0.3 is 5.73 Å². The first-order valence-corrected chi connectivity index (χ1v) is 7.44. The van der Waals surface area contributed by atoms with Crippen LogP contribution in [0.25, 0.3) is 0 Å². The smallest absolute Gasteiger partial charge is 0.0534 e. The molecule has 4 nitrogen and oxygen atoms in total. The molecule has 0 saturated carbocycles. The molecule has 1 aromatic heterocycles. The van der Waals surface area contributed by atoms with Crippen LogP contribution in [0.15, 0.2) is 35.1 Å². The van der Waals surface area contributed by atoms with Crippen LogP contribution in [-0.4, -0.2) is 28.3 Å². The zero-order chi connectivity index (χ0) is 14.7. The van der Waals surface area contributed by atoms with Crippen LogP contribution in [0.5, 0.6) is 0 Å². The predicted molar refractivity (Wildman–Crippen MR) is 85.3 cm³/mol. The molecule has 0 aliphatic carbocycles. The zero-order valence-corrected chi connectivity index (χ0v) is 13.8. The summed E-state index contributed by atoms with van der Waals surface area (Å²) in [5, 5.41) is 4.21. The molecule has 1 unspecified atom stereocenters. The summed E-state index contributed by atoms with van der Waals surface area (Å²) in [4.78, 5) is 2.26. The summed E-state index contributed by atoms with van der Waals surface area (Å²) in [7, 11) is 4.03. The molecular formula is C15H21BrN4. The largest absolute Gasteiger partial charge is 0.329 e. The number of hydrogen-bond donors (Lipinski definition) is 1. The number of rotatable bonds is 5. The third-order valence-electron chi connectivity index (χ3n) is 3.46. The van der Waals surface area contributed by atoms with Gasteiger partial charge in [-0.3, -0.25) is 9.58 Å². The molecular weight excluding hydrogens is 316 g/mol. The normalized spacial score (nSPS) is 12.9. The number of likely N-dealkylation sites (N-methyl/N-ethyl adjacent to an activating group) is 1. The molecule has 0 aliphatic rings. The maximum absolute atomic E-state index is 5.99. The molecule has 1 atom stereocenters. The number of benzene rings is 1. The van der Waals surface area contributed by atoms with Gasteiger partial charge in [0.2, 0.25) is 0 Å². The lowest BCUT2D eigenvalue weighted by molar-refractivity contribution is 0.241. The number of nitrogens with zero attached hydrogens (tertiary/aromatic N) is 3. The van der Waals surface area contributed by atoms with E-state index in [0.717, 1.165) is 11.0 Å². The van der Waals surface area contributed by atoms with Crippen molar-refractivity contribution in [2.75, 3.05) is 13.6 Å². The Morgan fingerprint density at radius 3 is 2.75 bits per heavy atom. The SMILES string of the molecule is Cc1ccc(C(CN)N(C)Cc2cnn(C)c2)c(Br)c1. The van der Waals surface area contributed by atoms with Crippen LogP contribution in [0.3, 0.4) is 0 Å². The second-order valence-corrected chi connectivity index (χ2v) is 6.07. The Morgan fingerprint density at radius 2 is 2.20 bits per heavy atom. The molecule has 2 rings (SSSR count). The average Bonchev–Trinajstić information content (AvgIpc) is 2.78. The van der Waals surface area contributed by atoms with Crippen LogP contribution in [-0.2, 0) is 13.6 Å². The summed E-state index contributed by atoms with van der Waals surface area (Å²) in [6.45, 7) is 3.50. The first kappa shape index (κ1) is 15.2. The van der Waals surface area contributed by atoms with Gasteiger partial charge in [0.1, 0.15) is 0 Å². The molecule has 2 N–H and O–H groups in total. The molecule has 2 aromatic rings. The highest BCUT2D eigenvalue weighted by atomic mass is 79.9. The van der Waals surface area contributed by atoms with E-state index < -0.39 is 0 Å². The third kappa shape index (κ3) is 3.48. The Labute approximate surface area is 128 Å². The van der Waals surface area contributed by atoms with Crippen molar-refractivity contribution in [2.45, 2.75) is 19.5 Å². The van der Waals surface area contributed by atoms with Gasteiger partial charge in [-0.1, -0.05) is 28.1 Å².